The van der Waals surface area contributed by atoms with Gasteiger partial charge >= 0.3 is 0 Å². The zero-order valence-electron chi connectivity index (χ0n) is 21.6. The van der Waals surface area contributed by atoms with Gasteiger partial charge in [-0.2, -0.15) is 5.10 Å². The number of aromatic nitrogens is 3. The van der Waals surface area contributed by atoms with Crippen molar-refractivity contribution in [1.82, 2.24) is 19.7 Å². The van der Waals surface area contributed by atoms with Crippen molar-refractivity contribution in [3.8, 4) is 22.8 Å². The summed E-state index contributed by atoms with van der Waals surface area (Å²) in [5.41, 5.74) is 10.4. The second-order valence-corrected chi connectivity index (χ2v) is 10.8. The Kier molecular flexibility index (Phi) is 5.79. The number of fused-ring (bicyclic) bond motifs is 1. The number of carbonyl (C=O) groups excluding carboxylic acids is 1. The molecule has 6 rings (SSSR count). The molecule has 3 heterocycles. The van der Waals surface area contributed by atoms with Gasteiger partial charge < -0.3 is 15.4 Å². The molecule has 1 saturated carbocycles. The number of aryl methyl sites for hydroxylation is 1. The fourth-order valence-electron chi connectivity index (χ4n) is 5.21. The number of rotatable bonds is 6. The number of pyridine rings is 1. The molecule has 1 unspecified atom stereocenters. The third-order valence-corrected chi connectivity index (χ3v) is 7.50. The lowest BCUT2D eigenvalue weighted by Gasteiger charge is -2.22. The van der Waals surface area contributed by atoms with Gasteiger partial charge in [0.25, 0.3) is 5.91 Å². The van der Waals surface area contributed by atoms with E-state index in [4.69, 9.17) is 15.5 Å². The molecule has 2 aromatic carbocycles. The number of para-hydroxylation sites is 1. The highest BCUT2D eigenvalue weighted by molar-refractivity contribution is 5.95. The van der Waals surface area contributed by atoms with Gasteiger partial charge in [0.1, 0.15) is 11.9 Å². The minimum atomic E-state index is -0.597. The summed E-state index contributed by atoms with van der Waals surface area (Å²) in [4.78, 5) is 19.9. The second kappa shape index (κ2) is 9.06. The van der Waals surface area contributed by atoms with Crippen molar-refractivity contribution in [2.75, 3.05) is 13.1 Å². The van der Waals surface area contributed by atoms with Crippen LogP contribution in [0, 0.1) is 24.6 Å². The zero-order valence-corrected chi connectivity index (χ0v) is 21.6. The van der Waals surface area contributed by atoms with Crippen LogP contribution in [0.25, 0.3) is 16.9 Å². The van der Waals surface area contributed by atoms with Gasteiger partial charge in [0, 0.05) is 48.3 Å². The number of carbonyl (C=O) groups is 1. The molecule has 1 aliphatic heterocycles. The van der Waals surface area contributed by atoms with E-state index < -0.39 is 5.54 Å². The first-order chi connectivity index (χ1) is 18.2. The normalized spacial score (nSPS) is 20.3. The molecule has 2 aliphatic rings. The van der Waals surface area contributed by atoms with Crippen molar-refractivity contribution in [2.24, 2.45) is 17.6 Å². The number of nitrogens with two attached hydrogens (primary N) is 1. The largest absolute Gasteiger partial charge is 0.474 e. The monoisotopic (exact) mass is 511 g/mol. The highest BCUT2D eigenvalue weighted by atomic mass is 19.1. The Morgan fingerprint density at radius 3 is 2.39 bits per heavy atom. The van der Waals surface area contributed by atoms with Crippen LogP contribution in [-0.4, -0.2) is 44.8 Å². The van der Waals surface area contributed by atoms with Crippen molar-refractivity contribution in [3.05, 3.63) is 95.6 Å². The lowest BCUT2D eigenvalue weighted by atomic mass is 9.95. The molecule has 0 radical (unpaired) electrons. The summed E-state index contributed by atoms with van der Waals surface area (Å²) in [6, 6.07) is 19.8. The molecule has 38 heavy (non-hydrogen) atoms. The van der Waals surface area contributed by atoms with Crippen LogP contribution < -0.4 is 10.5 Å². The molecule has 0 bridgehead atoms. The van der Waals surface area contributed by atoms with Crippen molar-refractivity contribution in [2.45, 2.75) is 32.4 Å². The van der Waals surface area contributed by atoms with Crippen molar-refractivity contribution in [1.29, 1.82) is 0 Å². The number of likely N-dealkylation sites (tertiary alicyclic amines) is 1. The highest BCUT2D eigenvalue weighted by Crippen LogP contribution is 2.48. The van der Waals surface area contributed by atoms with Crippen LogP contribution in [0.2, 0.25) is 0 Å². The maximum absolute atomic E-state index is 13.5. The van der Waals surface area contributed by atoms with Crippen LogP contribution in [-0.2, 0) is 5.54 Å². The van der Waals surface area contributed by atoms with E-state index in [0.717, 1.165) is 16.8 Å². The third-order valence-electron chi connectivity index (χ3n) is 7.50. The number of nitrogens with zero attached hydrogens (tertiary/aromatic N) is 4. The fraction of sp³-hybridized carbons (Fsp3) is 0.300. The van der Waals surface area contributed by atoms with Crippen molar-refractivity contribution in [3.63, 3.8) is 0 Å². The standard InChI is InChI=1S/C30H30FN5O2/c1-18-23(17-36(34-18)22-7-5-4-6-8-22)29(37)35-15-24-25(16-35)28(24)38-27-14-20(30(2,3)32)13-26(33-27)19-9-11-21(31)12-10-19/h4-14,17,24-25,28H,15-16,32H2,1-3H3/t24-,25+,28?. The molecule has 194 valence electrons. The maximum atomic E-state index is 13.5. The zero-order chi connectivity index (χ0) is 26.6. The van der Waals surface area contributed by atoms with Gasteiger partial charge in [-0.25, -0.2) is 14.1 Å². The van der Waals surface area contributed by atoms with Gasteiger partial charge in [0.2, 0.25) is 5.88 Å². The van der Waals surface area contributed by atoms with Crippen molar-refractivity contribution >= 4 is 5.91 Å². The molecule has 2 fully saturated rings. The van der Waals surface area contributed by atoms with Crippen LogP contribution in [0.15, 0.2) is 72.9 Å². The quantitative estimate of drug-likeness (QED) is 0.405. The summed E-state index contributed by atoms with van der Waals surface area (Å²) in [7, 11) is 0. The Morgan fingerprint density at radius 1 is 1.05 bits per heavy atom. The molecular weight excluding hydrogens is 481 g/mol. The molecule has 0 spiro atoms. The first-order valence-corrected chi connectivity index (χ1v) is 12.8. The predicted octanol–water partition coefficient (Wildman–Crippen LogP) is 4.73. The lowest BCUT2D eigenvalue weighted by molar-refractivity contribution is 0.0751. The van der Waals surface area contributed by atoms with Crippen LogP contribution in [0.3, 0.4) is 0 Å². The number of benzene rings is 2. The summed E-state index contributed by atoms with van der Waals surface area (Å²) < 4.78 is 21.6. The molecular formula is C30H30FN5O2. The molecule has 2 N–H and O–H groups in total. The van der Waals surface area contributed by atoms with E-state index in [2.05, 4.69) is 5.10 Å². The summed E-state index contributed by atoms with van der Waals surface area (Å²) >= 11 is 0. The van der Waals surface area contributed by atoms with Gasteiger partial charge in [-0.3, -0.25) is 4.79 Å². The molecule has 4 aromatic rings. The Labute approximate surface area is 221 Å². The second-order valence-electron chi connectivity index (χ2n) is 10.8. The summed E-state index contributed by atoms with van der Waals surface area (Å²) in [5, 5.41) is 4.55. The fourth-order valence-corrected chi connectivity index (χ4v) is 5.21. The third kappa shape index (κ3) is 4.56. The molecule has 3 atom stereocenters. The average Bonchev–Trinajstić information content (AvgIpc) is 3.22. The summed E-state index contributed by atoms with van der Waals surface area (Å²) in [5.74, 6) is 0.716. The van der Waals surface area contributed by atoms with Crippen LogP contribution in [0.4, 0.5) is 4.39 Å². The molecule has 8 heteroatoms. The van der Waals surface area contributed by atoms with E-state index in [1.807, 2.05) is 74.3 Å². The van der Waals surface area contributed by atoms with Gasteiger partial charge in [-0.15, -0.1) is 0 Å². The number of hydrogen-bond donors (Lipinski definition) is 1. The Morgan fingerprint density at radius 2 is 1.74 bits per heavy atom. The lowest BCUT2D eigenvalue weighted by Crippen LogP contribution is -2.33. The number of ether oxygens (including phenoxy) is 1. The van der Waals surface area contributed by atoms with Crippen LogP contribution >= 0.6 is 0 Å². The first kappa shape index (κ1) is 24.3. The van der Waals surface area contributed by atoms with Gasteiger partial charge in [-0.1, -0.05) is 18.2 Å². The van der Waals surface area contributed by atoms with Gasteiger partial charge in [-0.05, 0) is 68.8 Å². The van der Waals surface area contributed by atoms with Crippen LogP contribution in [0.5, 0.6) is 5.88 Å². The summed E-state index contributed by atoms with van der Waals surface area (Å²) in [6.07, 6.45) is 1.81. The smallest absolute Gasteiger partial charge is 0.257 e. The molecule has 2 aromatic heterocycles. The van der Waals surface area contributed by atoms with E-state index in [1.54, 1.807) is 16.8 Å². The Bertz CT molecular complexity index is 1480. The minimum absolute atomic E-state index is 0.000712. The Hall–Kier alpha value is -4.04. The molecule has 7 nitrogen and oxygen atoms in total. The SMILES string of the molecule is Cc1nn(-c2ccccc2)cc1C(=O)N1C[C@@H]2C(Oc3cc(C(C)(C)N)cc(-c4ccc(F)cc4)n3)[C@@H]2C1. The van der Waals surface area contributed by atoms with E-state index >= 15 is 0 Å². The number of amides is 1. The minimum Gasteiger partial charge on any atom is -0.474 e. The van der Waals surface area contributed by atoms with Crippen molar-refractivity contribution < 1.29 is 13.9 Å². The van der Waals surface area contributed by atoms with E-state index in [0.29, 0.717) is 35.9 Å². The number of hydrogen-bond acceptors (Lipinski definition) is 5. The molecule has 1 amide bonds. The predicted molar refractivity (Wildman–Crippen MR) is 142 cm³/mol. The topological polar surface area (TPSA) is 86.3 Å². The van der Waals surface area contributed by atoms with E-state index in [-0.39, 0.29) is 29.7 Å². The number of piperidine rings is 1. The molecule has 1 saturated heterocycles. The Balaban J connectivity index is 1.16. The van der Waals surface area contributed by atoms with Crippen LogP contribution in [0.1, 0.15) is 35.5 Å². The molecule has 1 aliphatic carbocycles. The van der Waals surface area contributed by atoms with E-state index in [1.165, 1.54) is 12.1 Å². The summed E-state index contributed by atoms with van der Waals surface area (Å²) in [6.45, 7) is 7.00. The first-order valence-electron chi connectivity index (χ1n) is 12.8. The average molecular weight is 512 g/mol. The van der Waals surface area contributed by atoms with Gasteiger partial charge in [0.05, 0.1) is 22.6 Å². The highest BCUT2D eigenvalue weighted by Gasteiger charge is 2.59. The number of halogens is 1. The maximum Gasteiger partial charge on any atom is 0.257 e. The van der Waals surface area contributed by atoms with E-state index in [9.17, 15) is 9.18 Å². The van der Waals surface area contributed by atoms with Gasteiger partial charge in [0.15, 0.2) is 0 Å².